The molecule has 0 aliphatic carbocycles. The molecule has 0 spiro atoms. The van der Waals surface area contributed by atoms with Crippen molar-refractivity contribution in [3.8, 4) is 0 Å². The van der Waals surface area contributed by atoms with Crippen molar-refractivity contribution < 1.29 is 8.42 Å². The maximum absolute atomic E-state index is 11.7. The van der Waals surface area contributed by atoms with Crippen LogP contribution in [-0.4, -0.2) is 33.5 Å². The molecule has 19 heavy (non-hydrogen) atoms. The van der Waals surface area contributed by atoms with E-state index in [1.807, 2.05) is 18.2 Å². The van der Waals surface area contributed by atoms with Crippen molar-refractivity contribution in [3.05, 3.63) is 18.2 Å². The van der Waals surface area contributed by atoms with Gasteiger partial charge in [0, 0.05) is 24.5 Å². The third-order valence-electron chi connectivity index (χ3n) is 3.05. The highest BCUT2D eigenvalue weighted by Crippen LogP contribution is 2.28. The van der Waals surface area contributed by atoms with E-state index in [1.165, 1.54) is 6.07 Å². The number of primary sulfonamides is 1. The van der Waals surface area contributed by atoms with E-state index in [9.17, 15) is 8.42 Å². The lowest BCUT2D eigenvalue weighted by Gasteiger charge is -2.30. The van der Waals surface area contributed by atoms with Crippen LogP contribution < -0.4 is 15.8 Å². The number of hydrogen-bond donors (Lipinski definition) is 2. The molecule has 0 saturated heterocycles. The first-order valence-corrected chi connectivity index (χ1v) is 8.89. The summed E-state index contributed by atoms with van der Waals surface area (Å²) in [6, 6.07) is 5.05. The third-order valence-corrected chi connectivity index (χ3v) is 4.71. The summed E-state index contributed by atoms with van der Waals surface area (Å²) in [5, 5.41) is 5.26. The Hall–Kier alpha value is -0.920. The fourth-order valence-electron chi connectivity index (χ4n) is 1.94. The van der Waals surface area contributed by atoms with Crippen molar-refractivity contribution in [2.75, 3.05) is 29.7 Å². The average Bonchev–Trinajstić information content (AvgIpc) is 2.34. The normalized spacial score (nSPS) is 13.3. The molecule has 1 aromatic carbocycles. The first kappa shape index (κ1) is 16.1. The van der Waals surface area contributed by atoms with Crippen LogP contribution in [0.25, 0.3) is 0 Å². The number of sulfonamides is 1. The van der Waals surface area contributed by atoms with Crippen LogP contribution in [0, 0.1) is 0 Å². The largest absolute Gasteiger partial charge is 0.399 e. The predicted octanol–water partition coefficient (Wildman–Crippen LogP) is 1.49. The Morgan fingerprint density at radius 3 is 2.53 bits per heavy atom. The minimum absolute atomic E-state index is 0.0783. The quantitative estimate of drug-likeness (QED) is 0.777. The maximum Gasteiger partial charge on any atom is 0.240 e. The van der Waals surface area contributed by atoms with Gasteiger partial charge in [0.2, 0.25) is 10.0 Å². The number of thioether (sulfide) groups is 1. The number of hydrogen-bond acceptors (Lipinski definition) is 5. The smallest absolute Gasteiger partial charge is 0.240 e. The minimum Gasteiger partial charge on any atom is -0.399 e. The van der Waals surface area contributed by atoms with E-state index in [-0.39, 0.29) is 10.9 Å². The Kier molecular flexibility index (Phi) is 5.51. The summed E-state index contributed by atoms with van der Waals surface area (Å²) in [6.07, 6.45) is 2.95. The third kappa shape index (κ3) is 4.02. The Morgan fingerprint density at radius 1 is 1.42 bits per heavy atom. The van der Waals surface area contributed by atoms with Crippen LogP contribution in [0.4, 0.5) is 11.4 Å². The summed E-state index contributed by atoms with van der Waals surface area (Å²) in [6.45, 7) is 2.07. The molecule has 1 aromatic rings. The van der Waals surface area contributed by atoms with Gasteiger partial charge in [0.25, 0.3) is 0 Å². The Labute approximate surface area is 119 Å². The highest BCUT2D eigenvalue weighted by molar-refractivity contribution is 7.98. The molecule has 1 rings (SSSR count). The van der Waals surface area contributed by atoms with Crippen LogP contribution in [-0.2, 0) is 10.0 Å². The lowest BCUT2D eigenvalue weighted by Crippen LogP contribution is -2.34. The Bertz CT molecular complexity index is 532. The van der Waals surface area contributed by atoms with Crippen LogP contribution >= 0.6 is 11.8 Å². The van der Waals surface area contributed by atoms with Gasteiger partial charge < -0.3 is 10.6 Å². The van der Waals surface area contributed by atoms with Gasteiger partial charge >= 0.3 is 0 Å². The van der Waals surface area contributed by atoms with Crippen molar-refractivity contribution in [2.24, 2.45) is 5.14 Å². The summed E-state index contributed by atoms with van der Waals surface area (Å²) in [5.74, 6) is 0.918. The van der Waals surface area contributed by atoms with Crippen LogP contribution in [0.1, 0.15) is 13.3 Å². The van der Waals surface area contributed by atoms with E-state index in [0.717, 1.165) is 12.2 Å². The summed E-state index contributed by atoms with van der Waals surface area (Å²) >= 11 is 1.73. The molecule has 0 amide bonds. The van der Waals surface area contributed by atoms with Gasteiger partial charge in [-0.15, -0.1) is 0 Å². The lowest BCUT2D eigenvalue weighted by atomic mass is 10.2. The molecule has 0 aromatic heterocycles. The minimum atomic E-state index is -3.79. The van der Waals surface area contributed by atoms with E-state index in [0.29, 0.717) is 11.4 Å². The zero-order valence-electron chi connectivity index (χ0n) is 11.5. The maximum atomic E-state index is 11.7. The van der Waals surface area contributed by atoms with Gasteiger partial charge in [-0.2, -0.15) is 11.8 Å². The van der Waals surface area contributed by atoms with Crippen molar-refractivity contribution in [1.29, 1.82) is 0 Å². The molecule has 0 saturated carbocycles. The first-order chi connectivity index (χ1) is 8.81. The molecule has 0 radical (unpaired) electrons. The number of nitrogens with zero attached hydrogens (tertiary/aromatic N) is 1. The summed E-state index contributed by atoms with van der Waals surface area (Å²) in [7, 11) is -1.91. The van der Waals surface area contributed by atoms with Crippen molar-refractivity contribution in [3.63, 3.8) is 0 Å². The highest BCUT2D eigenvalue weighted by atomic mass is 32.2. The van der Waals surface area contributed by atoms with E-state index >= 15 is 0 Å². The topological polar surface area (TPSA) is 89.4 Å². The van der Waals surface area contributed by atoms with Crippen molar-refractivity contribution in [1.82, 2.24) is 0 Å². The first-order valence-electron chi connectivity index (χ1n) is 5.95. The predicted molar refractivity (Wildman–Crippen MR) is 83.1 cm³/mol. The van der Waals surface area contributed by atoms with Crippen LogP contribution in [0.15, 0.2) is 23.1 Å². The number of nitrogens with two attached hydrogens (primary N) is 2. The number of anilines is 2. The zero-order chi connectivity index (χ0) is 14.6. The number of nitrogen functional groups attached to an aromatic ring is 1. The van der Waals surface area contributed by atoms with Crippen LogP contribution in [0.5, 0.6) is 0 Å². The van der Waals surface area contributed by atoms with Gasteiger partial charge in [-0.1, -0.05) is 6.92 Å². The molecule has 0 fully saturated rings. The van der Waals surface area contributed by atoms with Gasteiger partial charge in [0.05, 0.1) is 5.69 Å². The summed E-state index contributed by atoms with van der Waals surface area (Å²) in [5.41, 5.74) is 6.63. The molecular formula is C12H21N3O2S2. The highest BCUT2D eigenvalue weighted by Gasteiger charge is 2.21. The van der Waals surface area contributed by atoms with Gasteiger partial charge in [0.15, 0.2) is 0 Å². The van der Waals surface area contributed by atoms with E-state index in [1.54, 1.807) is 23.9 Å². The van der Waals surface area contributed by atoms with Gasteiger partial charge in [-0.05, 0) is 30.9 Å². The van der Waals surface area contributed by atoms with Crippen LogP contribution in [0.2, 0.25) is 0 Å². The number of benzene rings is 1. The van der Waals surface area contributed by atoms with Gasteiger partial charge in [-0.3, -0.25) is 0 Å². The second-order valence-corrected chi connectivity index (χ2v) is 6.84. The van der Waals surface area contributed by atoms with E-state index < -0.39 is 10.0 Å². The SMILES string of the molecule is CCC(CSC)N(C)c1ccc(N)cc1S(N)(=O)=O. The Balaban J connectivity index is 3.26. The molecule has 0 aliphatic heterocycles. The second kappa shape index (κ2) is 6.49. The molecular weight excluding hydrogens is 282 g/mol. The van der Waals surface area contributed by atoms with E-state index in [4.69, 9.17) is 10.9 Å². The fourth-order valence-corrected chi connectivity index (χ4v) is 3.59. The molecule has 5 nitrogen and oxygen atoms in total. The van der Waals surface area contributed by atoms with Crippen molar-refractivity contribution in [2.45, 2.75) is 24.3 Å². The Morgan fingerprint density at radius 2 is 2.05 bits per heavy atom. The molecule has 1 unspecified atom stereocenters. The number of rotatable bonds is 6. The monoisotopic (exact) mass is 303 g/mol. The molecule has 1 atom stereocenters. The zero-order valence-corrected chi connectivity index (χ0v) is 13.1. The summed E-state index contributed by atoms with van der Waals surface area (Å²) in [4.78, 5) is 2.03. The van der Waals surface area contributed by atoms with Crippen molar-refractivity contribution >= 4 is 33.2 Å². The summed E-state index contributed by atoms with van der Waals surface area (Å²) < 4.78 is 23.3. The second-order valence-electron chi connectivity index (χ2n) is 4.40. The standard InChI is InChI=1S/C12H21N3O2S2/c1-4-10(8-18-3)15(2)11-6-5-9(13)7-12(11)19(14,16)17/h5-7,10H,4,8,13H2,1-3H3,(H2,14,16,17). The van der Waals surface area contributed by atoms with E-state index in [2.05, 4.69) is 6.92 Å². The van der Waals surface area contributed by atoms with Gasteiger partial charge in [0.1, 0.15) is 4.90 Å². The van der Waals surface area contributed by atoms with Crippen LogP contribution in [0.3, 0.4) is 0 Å². The fraction of sp³-hybridized carbons (Fsp3) is 0.500. The van der Waals surface area contributed by atoms with Gasteiger partial charge in [-0.25, -0.2) is 13.6 Å². The molecule has 0 aliphatic rings. The average molecular weight is 303 g/mol. The molecule has 0 heterocycles. The molecule has 7 heteroatoms. The molecule has 108 valence electrons. The molecule has 0 bridgehead atoms. The molecule has 4 N–H and O–H groups in total. The lowest BCUT2D eigenvalue weighted by molar-refractivity contribution is 0.596.